The van der Waals surface area contributed by atoms with Crippen molar-refractivity contribution in [2.24, 2.45) is 0 Å². The number of hydrogen-bond donors (Lipinski definition) is 3. The Morgan fingerprint density at radius 1 is 1.44 bits per heavy atom. The van der Waals surface area contributed by atoms with Gasteiger partial charge in [0.05, 0.1) is 10.6 Å². The Morgan fingerprint density at radius 3 is 2.89 bits per heavy atom. The standard InChI is InChI=1S/C17H14ClN7O2/c18-9-3-1-2-8(6-9)11-12-13(20)10(7-19)15(21)23-16(12)24-5-4-22-17(24)14(11)25(26)27/h1-3,6,11,22H,4-5H2,(H4,20,21,23). The van der Waals surface area contributed by atoms with Crippen LogP contribution in [0.4, 0.5) is 17.3 Å². The summed E-state index contributed by atoms with van der Waals surface area (Å²) in [5.41, 5.74) is 13.2. The zero-order chi connectivity index (χ0) is 19.3. The first-order chi connectivity index (χ1) is 12.9. The Hall–Kier alpha value is -3.51. The van der Waals surface area contributed by atoms with E-state index in [1.54, 1.807) is 29.2 Å². The number of nitrogens with one attached hydrogen (secondary N) is 1. The Bertz CT molecular complexity index is 1060. The van der Waals surface area contributed by atoms with Crippen LogP contribution in [0.25, 0.3) is 0 Å². The van der Waals surface area contributed by atoms with E-state index < -0.39 is 10.8 Å². The number of anilines is 3. The fourth-order valence-electron chi connectivity index (χ4n) is 3.64. The highest BCUT2D eigenvalue weighted by Crippen LogP contribution is 2.48. The molecule has 5 N–H and O–H groups in total. The third-order valence-electron chi connectivity index (χ3n) is 4.73. The van der Waals surface area contributed by atoms with Crippen molar-refractivity contribution in [3.8, 4) is 6.07 Å². The Morgan fingerprint density at radius 2 is 2.22 bits per heavy atom. The van der Waals surface area contributed by atoms with Crippen LogP contribution in [0.15, 0.2) is 35.8 Å². The number of halogens is 1. The molecule has 3 heterocycles. The molecule has 1 atom stereocenters. The predicted molar refractivity (Wildman–Crippen MR) is 100 cm³/mol. The molecule has 2 aromatic rings. The highest BCUT2D eigenvalue weighted by Gasteiger charge is 2.46. The number of nitriles is 1. The van der Waals surface area contributed by atoms with E-state index in [0.717, 1.165) is 0 Å². The molecule has 1 unspecified atom stereocenters. The van der Waals surface area contributed by atoms with Gasteiger partial charge in [0.25, 0.3) is 5.70 Å². The van der Waals surface area contributed by atoms with Gasteiger partial charge in [0, 0.05) is 23.7 Å². The summed E-state index contributed by atoms with van der Waals surface area (Å²) in [6, 6.07) is 8.71. The first kappa shape index (κ1) is 16.9. The number of nitrogen functional groups attached to an aromatic ring is 2. The van der Waals surface area contributed by atoms with Crippen molar-refractivity contribution in [1.29, 1.82) is 5.26 Å². The van der Waals surface area contributed by atoms with Gasteiger partial charge in [-0.05, 0) is 17.7 Å². The van der Waals surface area contributed by atoms with Gasteiger partial charge in [-0.2, -0.15) is 5.26 Å². The molecule has 0 aliphatic carbocycles. The molecule has 1 fully saturated rings. The highest BCUT2D eigenvalue weighted by atomic mass is 35.5. The maximum atomic E-state index is 12.0. The second kappa shape index (κ2) is 6.03. The Balaban J connectivity index is 2.10. The van der Waals surface area contributed by atoms with Crippen LogP contribution in [-0.2, 0) is 0 Å². The van der Waals surface area contributed by atoms with Gasteiger partial charge in [0.15, 0.2) is 5.82 Å². The Labute approximate surface area is 159 Å². The molecular weight excluding hydrogens is 370 g/mol. The van der Waals surface area contributed by atoms with Crippen LogP contribution in [0.2, 0.25) is 5.02 Å². The SMILES string of the molecule is N#Cc1c(N)nc2c(c1N)C(c1cccc(Cl)c1)C([N+](=O)[O-])=C1NCCN12. The molecule has 0 amide bonds. The van der Waals surface area contributed by atoms with Crippen molar-refractivity contribution in [2.75, 3.05) is 29.5 Å². The van der Waals surface area contributed by atoms with Gasteiger partial charge >= 0.3 is 0 Å². The van der Waals surface area contributed by atoms with E-state index in [4.69, 9.17) is 23.1 Å². The van der Waals surface area contributed by atoms with Crippen molar-refractivity contribution in [3.05, 3.63) is 67.6 Å². The molecular formula is C17H14ClN7O2. The van der Waals surface area contributed by atoms with Gasteiger partial charge in [-0.3, -0.25) is 10.1 Å². The zero-order valence-corrected chi connectivity index (χ0v) is 14.7. The topological polar surface area (TPSA) is 147 Å². The summed E-state index contributed by atoms with van der Waals surface area (Å²) >= 11 is 6.12. The lowest BCUT2D eigenvalue weighted by molar-refractivity contribution is -0.430. The molecule has 2 aliphatic heterocycles. The first-order valence-electron chi connectivity index (χ1n) is 8.08. The van der Waals surface area contributed by atoms with Crippen LogP contribution in [-0.4, -0.2) is 23.0 Å². The molecule has 4 rings (SSSR count). The van der Waals surface area contributed by atoms with Gasteiger partial charge < -0.3 is 21.7 Å². The average molecular weight is 384 g/mol. The summed E-state index contributed by atoms with van der Waals surface area (Å²) < 4.78 is 0. The number of fused-ring (bicyclic) bond motifs is 3. The third kappa shape index (κ3) is 2.42. The largest absolute Gasteiger partial charge is 0.397 e. The molecule has 27 heavy (non-hydrogen) atoms. The molecule has 9 nitrogen and oxygen atoms in total. The number of aromatic nitrogens is 1. The second-order valence-electron chi connectivity index (χ2n) is 6.19. The lowest BCUT2D eigenvalue weighted by Crippen LogP contribution is -2.34. The number of nitrogens with two attached hydrogens (primary N) is 2. The minimum atomic E-state index is -0.842. The third-order valence-corrected chi connectivity index (χ3v) is 4.97. The second-order valence-corrected chi connectivity index (χ2v) is 6.63. The van der Waals surface area contributed by atoms with Crippen molar-refractivity contribution in [1.82, 2.24) is 10.3 Å². The van der Waals surface area contributed by atoms with Crippen LogP contribution in [0.5, 0.6) is 0 Å². The molecule has 0 radical (unpaired) electrons. The normalized spacial score (nSPS) is 17.8. The summed E-state index contributed by atoms with van der Waals surface area (Å²) in [6.45, 7) is 0.982. The van der Waals surface area contributed by atoms with Crippen molar-refractivity contribution in [3.63, 3.8) is 0 Å². The van der Waals surface area contributed by atoms with Crippen LogP contribution in [0.3, 0.4) is 0 Å². The molecule has 10 heteroatoms. The Kier molecular flexibility index (Phi) is 3.78. The molecule has 1 aromatic heterocycles. The fourth-order valence-corrected chi connectivity index (χ4v) is 3.84. The first-order valence-corrected chi connectivity index (χ1v) is 8.46. The van der Waals surface area contributed by atoms with E-state index >= 15 is 0 Å². The summed E-state index contributed by atoms with van der Waals surface area (Å²) in [4.78, 5) is 17.6. The molecule has 0 bridgehead atoms. The summed E-state index contributed by atoms with van der Waals surface area (Å²) in [7, 11) is 0. The quantitative estimate of drug-likeness (QED) is 0.525. The van der Waals surface area contributed by atoms with E-state index in [9.17, 15) is 15.4 Å². The van der Waals surface area contributed by atoms with Crippen molar-refractivity contribution >= 4 is 28.9 Å². The van der Waals surface area contributed by atoms with Crippen molar-refractivity contribution in [2.45, 2.75) is 5.92 Å². The summed E-state index contributed by atoms with van der Waals surface area (Å²) in [5.74, 6) is -0.0757. The summed E-state index contributed by atoms with van der Waals surface area (Å²) in [5, 5.41) is 24.9. The van der Waals surface area contributed by atoms with Crippen LogP contribution in [0, 0.1) is 21.4 Å². The van der Waals surface area contributed by atoms with E-state index in [1.165, 1.54) is 0 Å². The molecule has 0 saturated carbocycles. The number of hydrogen-bond acceptors (Lipinski definition) is 8. The minimum Gasteiger partial charge on any atom is -0.397 e. The van der Waals surface area contributed by atoms with Gasteiger partial charge in [-0.1, -0.05) is 23.7 Å². The molecule has 1 saturated heterocycles. The van der Waals surface area contributed by atoms with Gasteiger partial charge in [0.2, 0.25) is 0 Å². The number of pyridine rings is 1. The number of allylic oxidation sites excluding steroid dienone is 1. The number of benzene rings is 1. The van der Waals surface area contributed by atoms with E-state index in [2.05, 4.69) is 10.3 Å². The van der Waals surface area contributed by atoms with Crippen LogP contribution in [0.1, 0.15) is 22.6 Å². The fraction of sp³-hybridized carbons (Fsp3) is 0.176. The average Bonchev–Trinajstić information content (AvgIpc) is 3.10. The smallest absolute Gasteiger partial charge is 0.298 e. The van der Waals surface area contributed by atoms with Gasteiger partial charge in [0.1, 0.15) is 29.2 Å². The summed E-state index contributed by atoms with van der Waals surface area (Å²) in [6.07, 6.45) is 0. The monoisotopic (exact) mass is 383 g/mol. The molecule has 2 aliphatic rings. The number of rotatable bonds is 2. The lowest BCUT2D eigenvalue weighted by atomic mass is 9.84. The minimum absolute atomic E-state index is 0.00519. The lowest BCUT2D eigenvalue weighted by Gasteiger charge is -2.31. The van der Waals surface area contributed by atoms with Crippen LogP contribution < -0.4 is 21.7 Å². The molecule has 1 aromatic carbocycles. The maximum absolute atomic E-state index is 12.0. The molecule has 0 spiro atoms. The molecule has 136 valence electrons. The van der Waals surface area contributed by atoms with Gasteiger partial charge in [-0.25, -0.2) is 4.98 Å². The maximum Gasteiger partial charge on any atom is 0.298 e. The predicted octanol–water partition coefficient (Wildman–Crippen LogP) is 1.77. The van der Waals surface area contributed by atoms with E-state index in [0.29, 0.717) is 40.9 Å². The van der Waals surface area contributed by atoms with Crippen LogP contribution >= 0.6 is 11.6 Å². The highest BCUT2D eigenvalue weighted by molar-refractivity contribution is 6.30. The van der Waals surface area contributed by atoms with E-state index in [-0.39, 0.29) is 22.8 Å². The number of nitrogens with zero attached hydrogens (tertiary/aromatic N) is 4. The van der Waals surface area contributed by atoms with E-state index in [1.807, 2.05) is 6.07 Å². The van der Waals surface area contributed by atoms with Crippen molar-refractivity contribution < 1.29 is 4.92 Å². The zero-order valence-electron chi connectivity index (χ0n) is 13.9. The van der Waals surface area contributed by atoms with Gasteiger partial charge in [-0.15, -0.1) is 0 Å². The number of nitro groups is 1.